The fourth-order valence-electron chi connectivity index (χ4n) is 2.98. The van der Waals surface area contributed by atoms with Crippen LogP contribution in [0.5, 0.6) is 0 Å². The standard InChI is InChI=1S/C17H24N2O2S2/c1-22-15-4-2-14(3-5-15)17-19(16(20)6-13-23-17)8-7-18-9-11-21-12-10-18/h2-5,17H,6-13H2,1H3. The van der Waals surface area contributed by atoms with Crippen LogP contribution in [-0.2, 0) is 9.53 Å². The average molecular weight is 353 g/mol. The quantitative estimate of drug-likeness (QED) is 0.761. The van der Waals surface area contributed by atoms with Crippen LogP contribution in [0.1, 0.15) is 17.4 Å². The molecule has 0 aliphatic carbocycles. The van der Waals surface area contributed by atoms with Gasteiger partial charge in [0.1, 0.15) is 5.37 Å². The lowest BCUT2D eigenvalue weighted by atomic mass is 10.2. The lowest BCUT2D eigenvalue weighted by molar-refractivity contribution is -0.132. The molecule has 2 saturated heterocycles. The van der Waals surface area contributed by atoms with Gasteiger partial charge < -0.3 is 9.64 Å². The number of amides is 1. The summed E-state index contributed by atoms with van der Waals surface area (Å²) in [6.07, 6.45) is 2.75. The number of morpholine rings is 1. The van der Waals surface area contributed by atoms with Crippen LogP contribution < -0.4 is 0 Å². The number of nitrogens with zero attached hydrogens (tertiary/aromatic N) is 2. The van der Waals surface area contributed by atoms with Crippen LogP contribution in [0.3, 0.4) is 0 Å². The molecule has 1 atom stereocenters. The van der Waals surface area contributed by atoms with Crippen molar-refractivity contribution in [1.29, 1.82) is 0 Å². The third-order valence-electron chi connectivity index (χ3n) is 4.36. The van der Waals surface area contributed by atoms with Crippen LogP contribution in [-0.4, -0.2) is 67.1 Å². The van der Waals surface area contributed by atoms with Crippen molar-refractivity contribution in [2.75, 3.05) is 51.4 Å². The Morgan fingerprint density at radius 2 is 1.96 bits per heavy atom. The summed E-state index contributed by atoms with van der Waals surface area (Å²) in [5, 5.41) is 0.160. The van der Waals surface area contributed by atoms with E-state index >= 15 is 0 Å². The van der Waals surface area contributed by atoms with E-state index in [1.54, 1.807) is 11.8 Å². The van der Waals surface area contributed by atoms with Crippen LogP contribution >= 0.6 is 23.5 Å². The number of carbonyl (C=O) groups excluding carboxylic acids is 1. The minimum atomic E-state index is 0.160. The van der Waals surface area contributed by atoms with Gasteiger partial charge in [-0.1, -0.05) is 12.1 Å². The molecule has 0 N–H and O–H groups in total. The summed E-state index contributed by atoms with van der Waals surface area (Å²) in [5.41, 5.74) is 1.24. The van der Waals surface area contributed by atoms with E-state index in [4.69, 9.17) is 4.74 Å². The lowest BCUT2D eigenvalue weighted by Gasteiger charge is -2.37. The number of hydrogen-bond donors (Lipinski definition) is 0. The smallest absolute Gasteiger partial charge is 0.224 e. The van der Waals surface area contributed by atoms with Crippen LogP contribution in [0.25, 0.3) is 0 Å². The molecular weight excluding hydrogens is 328 g/mol. The highest BCUT2D eigenvalue weighted by Gasteiger charge is 2.30. The summed E-state index contributed by atoms with van der Waals surface area (Å²) in [4.78, 5) is 18.2. The molecule has 0 bridgehead atoms. The molecule has 2 heterocycles. The molecule has 1 amide bonds. The van der Waals surface area contributed by atoms with E-state index in [1.165, 1.54) is 10.5 Å². The topological polar surface area (TPSA) is 32.8 Å². The number of rotatable bonds is 5. The maximum Gasteiger partial charge on any atom is 0.224 e. The lowest BCUT2D eigenvalue weighted by Crippen LogP contribution is -2.45. The molecule has 2 aliphatic rings. The highest BCUT2D eigenvalue weighted by Crippen LogP contribution is 2.37. The molecule has 2 fully saturated rings. The van der Waals surface area contributed by atoms with Crippen molar-refractivity contribution in [3.05, 3.63) is 29.8 Å². The van der Waals surface area contributed by atoms with Gasteiger partial charge >= 0.3 is 0 Å². The molecule has 0 spiro atoms. The van der Waals surface area contributed by atoms with Crippen molar-refractivity contribution in [1.82, 2.24) is 9.80 Å². The van der Waals surface area contributed by atoms with E-state index < -0.39 is 0 Å². The van der Waals surface area contributed by atoms with Crippen LogP contribution in [0.2, 0.25) is 0 Å². The molecule has 0 aromatic heterocycles. The second kappa shape index (κ2) is 8.42. The molecule has 126 valence electrons. The van der Waals surface area contributed by atoms with Gasteiger partial charge in [0.05, 0.1) is 13.2 Å². The molecule has 2 aliphatic heterocycles. The molecule has 1 aromatic rings. The predicted molar refractivity (Wildman–Crippen MR) is 97.0 cm³/mol. The number of thioether (sulfide) groups is 2. The van der Waals surface area contributed by atoms with E-state index in [0.717, 1.165) is 45.1 Å². The van der Waals surface area contributed by atoms with Gasteiger partial charge in [0.15, 0.2) is 0 Å². The molecule has 0 saturated carbocycles. The molecule has 4 nitrogen and oxygen atoms in total. The zero-order valence-electron chi connectivity index (χ0n) is 13.6. The molecule has 1 unspecified atom stereocenters. The van der Waals surface area contributed by atoms with Crippen molar-refractivity contribution in [3.8, 4) is 0 Å². The number of hydrogen-bond acceptors (Lipinski definition) is 5. The Labute approximate surface area is 146 Å². The van der Waals surface area contributed by atoms with Gasteiger partial charge in [-0.15, -0.1) is 23.5 Å². The van der Waals surface area contributed by atoms with Gasteiger partial charge in [-0.05, 0) is 24.0 Å². The zero-order valence-corrected chi connectivity index (χ0v) is 15.2. The minimum absolute atomic E-state index is 0.160. The minimum Gasteiger partial charge on any atom is -0.379 e. The maximum absolute atomic E-state index is 12.4. The van der Waals surface area contributed by atoms with Gasteiger partial charge in [-0.25, -0.2) is 0 Å². The third-order valence-corrected chi connectivity index (χ3v) is 6.38. The maximum atomic E-state index is 12.4. The average Bonchev–Trinajstić information content (AvgIpc) is 2.61. The van der Waals surface area contributed by atoms with Crippen molar-refractivity contribution in [3.63, 3.8) is 0 Å². The first-order chi connectivity index (χ1) is 11.3. The molecular formula is C17H24N2O2S2. The number of benzene rings is 1. The second-order valence-corrected chi connectivity index (χ2v) is 7.86. The van der Waals surface area contributed by atoms with E-state index in [1.807, 2.05) is 11.8 Å². The Kier molecular flexibility index (Phi) is 6.28. The number of carbonyl (C=O) groups is 1. The Morgan fingerprint density at radius 3 is 2.65 bits per heavy atom. The van der Waals surface area contributed by atoms with Gasteiger partial charge in [0.2, 0.25) is 5.91 Å². The first-order valence-electron chi connectivity index (χ1n) is 8.13. The molecule has 3 rings (SSSR count). The van der Waals surface area contributed by atoms with Crippen molar-refractivity contribution in [2.24, 2.45) is 0 Å². The fraction of sp³-hybridized carbons (Fsp3) is 0.588. The first kappa shape index (κ1) is 17.1. The predicted octanol–water partition coefficient (Wildman–Crippen LogP) is 2.70. The Morgan fingerprint density at radius 1 is 1.22 bits per heavy atom. The highest BCUT2D eigenvalue weighted by molar-refractivity contribution is 7.99. The summed E-state index contributed by atoms with van der Waals surface area (Å²) in [6, 6.07) is 8.65. The normalized spacial score (nSPS) is 23.3. The van der Waals surface area contributed by atoms with Gasteiger partial charge in [0.25, 0.3) is 0 Å². The summed E-state index contributed by atoms with van der Waals surface area (Å²) in [7, 11) is 0. The van der Waals surface area contributed by atoms with E-state index in [9.17, 15) is 4.79 Å². The summed E-state index contributed by atoms with van der Waals surface area (Å²) in [5.74, 6) is 1.21. The van der Waals surface area contributed by atoms with Crippen molar-refractivity contribution < 1.29 is 9.53 Å². The SMILES string of the molecule is CSc1ccc(C2SCCC(=O)N2CCN2CCOCC2)cc1. The summed E-state index contributed by atoms with van der Waals surface area (Å²) >= 11 is 3.63. The van der Waals surface area contributed by atoms with Crippen LogP contribution in [0.4, 0.5) is 0 Å². The number of ether oxygens (including phenoxy) is 1. The zero-order chi connectivity index (χ0) is 16.1. The summed E-state index contributed by atoms with van der Waals surface area (Å²) in [6.45, 7) is 5.31. The van der Waals surface area contributed by atoms with Gasteiger partial charge in [-0.3, -0.25) is 9.69 Å². The molecule has 23 heavy (non-hydrogen) atoms. The van der Waals surface area contributed by atoms with Crippen molar-refractivity contribution >= 4 is 29.4 Å². The van der Waals surface area contributed by atoms with E-state index in [2.05, 4.69) is 40.3 Å². The molecule has 0 radical (unpaired) electrons. The second-order valence-electron chi connectivity index (χ2n) is 5.79. The Bertz CT molecular complexity index is 518. The highest BCUT2D eigenvalue weighted by atomic mass is 32.2. The summed E-state index contributed by atoms with van der Waals surface area (Å²) < 4.78 is 5.40. The fourth-order valence-corrected chi connectivity index (χ4v) is 4.66. The van der Waals surface area contributed by atoms with E-state index in [-0.39, 0.29) is 11.3 Å². The van der Waals surface area contributed by atoms with Crippen molar-refractivity contribution in [2.45, 2.75) is 16.7 Å². The monoisotopic (exact) mass is 352 g/mol. The van der Waals surface area contributed by atoms with Gasteiger partial charge in [-0.2, -0.15) is 0 Å². The van der Waals surface area contributed by atoms with Gasteiger partial charge in [0, 0.05) is 43.2 Å². The molecule has 1 aromatic carbocycles. The molecule has 6 heteroatoms. The van der Waals surface area contributed by atoms with Crippen LogP contribution in [0.15, 0.2) is 29.2 Å². The Hall–Kier alpha value is -0.690. The largest absolute Gasteiger partial charge is 0.379 e. The van der Waals surface area contributed by atoms with Crippen LogP contribution in [0, 0.1) is 0 Å². The first-order valence-corrected chi connectivity index (χ1v) is 10.4. The Balaban J connectivity index is 1.66. The van der Waals surface area contributed by atoms with E-state index in [0.29, 0.717) is 6.42 Å². The third kappa shape index (κ3) is 4.44.